The molecular formula is C57H89N7O14. The van der Waals surface area contributed by atoms with E-state index in [1.165, 1.54) is 54.7 Å². The maximum atomic E-state index is 14.8. The van der Waals surface area contributed by atoms with Gasteiger partial charge in [-0.05, 0) is 93.7 Å². The number of Topliss-reactive ketones (excluding diaryl/α,β-unsaturated/α-hetero) is 2. The Balaban J connectivity index is 1.86. The van der Waals surface area contributed by atoms with E-state index in [2.05, 4.69) is 16.0 Å². The van der Waals surface area contributed by atoms with Crippen molar-refractivity contribution in [2.75, 3.05) is 40.9 Å². The highest BCUT2D eigenvalue weighted by Crippen LogP contribution is 2.28. The summed E-state index contributed by atoms with van der Waals surface area (Å²) in [6.45, 7) is 16.7. The predicted octanol–water partition coefficient (Wildman–Crippen LogP) is 2.59. The molecule has 4 rings (SSSR count). The first-order chi connectivity index (χ1) is 36.6. The Morgan fingerprint density at radius 2 is 1.51 bits per heavy atom. The fourth-order valence-corrected chi connectivity index (χ4v) is 10.7. The SMILES string of the molecule is CC[C@H](C)[C@H]1NC(=O)C(NC(=O)[C@@H](CC(C)C)N(C)C(=O)C2CCCN2C(=O)[C@H](C)O)COC(=O)[C@H](Cc2ccc(OC)cc2)N(C)C(=O)[C@@H]2CCCN2C(=O)[C@H](CC(C)C)NC(=O)[C@@H](C)C(=O)[C@H](C(C)C)CC(=O)C[C@@H]1O. The lowest BCUT2D eigenvalue weighted by Crippen LogP contribution is -2.60. The molecule has 3 heterocycles. The Morgan fingerprint density at radius 3 is 2.09 bits per heavy atom. The molecule has 78 heavy (non-hydrogen) atoms. The zero-order valence-electron chi connectivity index (χ0n) is 48.2. The van der Waals surface area contributed by atoms with Crippen molar-refractivity contribution in [1.29, 1.82) is 0 Å². The molecule has 0 radical (unpaired) electrons. The van der Waals surface area contributed by atoms with Crippen molar-refractivity contribution in [3.8, 4) is 5.75 Å². The quantitative estimate of drug-likeness (QED) is 0.125. The highest BCUT2D eigenvalue weighted by Gasteiger charge is 2.45. The third-order valence-corrected chi connectivity index (χ3v) is 15.7. The number of methoxy groups -OCH3 is 1. The van der Waals surface area contributed by atoms with Gasteiger partial charge in [-0.25, -0.2) is 4.79 Å². The molecule has 21 heteroatoms. The number of benzene rings is 1. The van der Waals surface area contributed by atoms with E-state index in [1.807, 2.05) is 34.6 Å². The maximum Gasteiger partial charge on any atom is 0.329 e. The van der Waals surface area contributed by atoms with Crippen LogP contribution in [0, 0.1) is 35.5 Å². The van der Waals surface area contributed by atoms with Crippen LogP contribution in [0.5, 0.6) is 5.75 Å². The number of amides is 7. The Kier molecular flexibility index (Phi) is 24.3. The van der Waals surface area contributed by atoms with Crippen molar-refractivity contribution in [2.24, 2.45) is 35.5 Å². The number of nitrogens with zero attached hydrogens (tertiary/aromatic N) is 4. The summed E-state index contributed by atoms with van der Waals surface area (Å²) in [6.07, 6.45) is -1.78. The minimum Gasteiger partial charge on any atom is -0.497 e. The molecule has 436 valence electrons. The Morgan fingerprint density at radius 1 is 0.872 bits per heavy atom. The lowest BCUT2D eigenvalue weighted by molar-refractivity contribution is -0.158. The first-order valence-electron chi connectivity index (χ1n) is 27.9. The summed E-state index contributed by atoms with van der Waals surface area (Å²) >= 11 is 0. The number of esters is 1. The molecule has 12 atom stereocenters. The van der Waals surface area contributed by atoms with Gasteiger partial charge in [-0.15, -0.1) is 0 Å². The molecule has 0 aromatic heterocycles. The van der Waals surface area contributed by atoms with Gasteiger partial charge in [0.2, 0.25) is 35.4 Å². The van der Waals surface area contributed by atoms with Gasteiger partial charge in [0.25, 0.3) is 5.91 Å². The number of cyclic esters (lactones) is 1. The summed E-state index contributed by atoms with van der Waals surface area (Å²) in [5, 5.41) is 30.3. The van der Waals surface area contributed by atoms with Gasteiger partial charge < -0.3 is 55.2 Å². The molecule has 0 bridgehead atoms. The first-order valence-corrected chi connectivity index (χ1v) is 27.9. The van der Waals surface area contributed by atoms with Gasteiger partial charge in [-0.2, -0.15) is 0 Å². The number of ether oxygens (including phenoxy) is 2. The second kappa shape index (κ2) is 29.3. The van der Waals surface area contributed by atoms with Crippen molar-refractivity contribution in [2.45, 2.75) is 188 Å². The van der Waals surface area contributed by atoms with E-state index in [0.29, 0.717) is 30.6 Å². The zero-order chi connectivity index (χ0) is 58.5. The van der Waals surface area contributed by atoms with Crippen LogP contribution in [0.1, 0.15) is 133 Å². The molecule has 3 fully saturated rings. The number of aliphatic hydroxyl groups excluding tert-OH is 2. The third-order valence-electron chi connectivity index (χ3n) is 15.7. The lowest BCUT2D eigenvalue weighted by atomic mass is 9.80. The summed E-state index contributed by atoms with van der Waals surface area (Å²) in [5.74, 6) is -9.79. The van der Waals surface area contributed by atoms with Crippen molar-refractivity contribution < 1.29 is 67.6 Å². The van der Waals surface area contributed by atoms with Gasteiger partial charge in [0.15, 0.2) is 0 Å². The Hall–Kier alpha value is -5.96. The number of likely N-dealkylation sites (N-methyl/N-ethyl adjacent to an activating group) is 2. The molecular weight excluding hydrogens is 1010 g/mol. The number of hydrogen-bond acceptors (Lipinski definition) is 14. The average molecular weight is 1100 g/mol. The third kappa shape index (κ3) is 16.8. The molecule has 1 aromatic rings. The van der Waals surface area contributed by atoms with Crippen LogP contribution in [0.3, 0.4) is 0 Å². The van der Waals surface area contributed by atoms with Gasteiger partial charge in [-0.3, -0.25) is 43.2 Å². The molecule has 0 aliphatic carbocycles. The minimum atomic E-state index is -1.70. The highest BCUT2D eigenvalue weighted by atomic mass is 16.5. The second-order valence-electron chi connectivity index (χ2n) is 23.0. The number of nitrogens with one attached hydrogen (secondary N) is 3. The van der Waals surface area contributed by atoms with E-state index in [1.54, 1.807) is 45.0 Å². The van der Waals surface area contributed by atoms with Crippen LogP contribution >= 0.6 is 0 Å². The number of fused-ring (bicyclic) bond motifs is 1. The summed E-state index contributed by atoms with van der Waals surface area (Å²) in [7, 11) is 4.31. The number of rotatable bonds is 15. The number of carbonyl (C=O) groups excluding carboxylic acids is 10. The van der Waals surface area contributed by atoms with Crippen LogP contribution in [0.25, 0.3) is 0 Å². The van der Waals surface area contributed by atoms with Gasteiger partial charge >= 0.3 is 5.97 Å². The number of hydrogen-bond donors (Lipinski definition) is 5. The first kappa shape index (κ1) is 64.6. The van der Waals surface area contributed by atoms with E-state index in [0.717, 1.165) is 0 Å². The van der Waals surface area contributed by atoms with Crippen molar-refractivity contribution in [3.63, 3.8) is 0 Å². The second-order valence-corrected chi connectivity index (χ2v) is 23.0. The Bertz CT molecular complexity index is 2290. The van der Waals surface area contributed by atoms with Crippen LogP contribution in [0.15, 0.2) is 24.3 Å². The fraction of sp³-hybridized carbons (Fsp3) is 0.719. The number of ketones is 2. The van der Waals surface area contributed by atoms with Gasteiger partial charge in [0, 0.05) is 52.4 Å². The Labute approximate surface area is 460 Å². The minimum absolute atomic E-state index is 0.0915. The largest absolute Gasteiger partial charge is 0.497 e. The number of likely N-dealkylation sites (tertiary alicyclic amines) is 1. The van der Waals surface area contributed by atoms with Crippen molar-refractivity contribution in [3.05, 3.63) is 29.8 Å². The maximum absolute atomic E-state index is 14.8. The van der Waals surface area contributed by atoms with Gasteiger partial charge in [0.1, 0.15) is 66.3 Å². The molecule has 2 unspecified atom stereocenters. The zero-order valence-corrected chi connectivity index (χ0v) is 48.2. The number of carbonyl (C=O) groups is 10. The summed E-state index contributed by atoms with van der Waals surface area (Å²) in [6, 6.07) is -1.86. The predicted molar refractivity (Wildman–Crippen MR) is 289 cm³/mol. The van der Waals surface area contributed by atoms with Crippen LogP contribution < -0.4 is 20.7 Å². The van der Waals surface area contributed by atoms with Crippen LogP contribution in [0.4, 0.5) is 0 Å². The van der Waals surface area contributed by atoms with Crippen molar-refractivity contribution >= 4 is 58.9 Å². The van der Waals surface area contributed by atoms with E-state index in [9.17, 15) is 58.2 Å². The lowest BCUT2D eigenvalue weighted by Gasteiger charge is -2.35. The van der Waals surface area contributed by atoms with Crippen LogP contribution in [-0.4, -0.2) is 184 Å². The molecule has 0 saturated carbocycles. The average Bonchev–Trinajstić information content (AvgIpc) is 4.10. The molecule has 3 aliphatic heterocycles. The van der Waals surface area contributed by atoms with Crippen LogP contribution in [0.2, 0.25) is 0 Å². The standard InChI is InChI=1S/C57H89N7O14/c1-14-34(8)48-47(67)29-38(66)28-40(33(6)7)49(68)35(9)50(69)58-41(25-31(2)3)54(73)64-24-16-18-44(64)56(75)62(12)46(27-37-19-21-39(77-13)22-20-37)57(76)78-30-42(51(70)60-48)59-52(71)45(26-32(4)5)61(11)55(74)43-17-15-23-63(43)53(72)36(10)65/h19-22,31-36,40-48,65,67H,14-18,23-30H2,1-13H3,(H,58,69)(H,59,71)(H,60,70)/t34-,35-,36-,40-,41-,42?,43?,44-,45+,46-,47-,48+/m0/s1. The van der Waals surface area contributed by atoms with Crippen LogP contribution in [-0.2, 0) is 59.1 Å². The van der Waals surface area contributed by atoms with E-state index < -0.39 is 150 Å². The number of aliphatic hydroxyl groups is 2. The topological polar surface area (TPSA) is 279 Å². The smallest absolute Gasteiger partial charge is 0.329 e. The van der Waals surface area contributed by atoms with E-state index in [-0.39, 0.29) is 63.5 Å². The molecule has 1 aromatic carbocycles. The van der Waals surface area contributed by atoms with E-state index >= 15 is 0 Å². The van der Waals surface area contributed by atoms with Crippen molar-refractivity contribution in [1.82, 2.24) is 35.6 Å². The molecule has 21 nitrogen and oxygen atoms in total. The molecule has 3 aliphatic rings. The molecule has 5 N–H and O–H groups in total. The normalized spacial score (nSPS) is 27.0. The van der Waals surface area contributed by atoms with Gasteiger partial charge in [-0.1, -0.05) is 73.9 Å². The molecule has 7 amide bonds. The summed E-state index contributed by atoms with van der Waals surface area (Å²) in [4.78, 5) is 148. The monoisotopic (exact) mass is 1100 g/mol. The summed E-state index contributed by atoms with van der Waals surface area (Å²) < 4.78 is 11.3. The highest BCUT2D eigenvalue weighted by molar-refractivity contribution is 6.05. The van der Waals surface area contributed by atoms with E-state index in [4.69, 9.17) is 9.47 Å². The van der Waals surface area contributed by atoms with Gasteiger partial charge in [0.05, 0.1) is 25.2 Å². The summed E-state index contributed by atoms with van der Waals surface area (Å²) in [5.41, 5.74) is 0.583. The fourth-order valence-electron chi connectivity index (χ4n) is 10.7. The molecule has 0 spiro atoms. The molecule has 3 saturated heterocycles.